The highest BCUT2D eigenvalue weighted by Gasteiger charge is 2.29. The monoisotopic (exact) mass is 914 g/mol. The minimum Gasteiger partial charge on any atom is -0.310 e. The summed E-state index contributed by atoms with van der Waals surface area (Å²) in [5.41, 5.74) is 16.1. The lowest BCUT2D eigenvalue weighted by molar-refractivity contribution is 0.586. The van der Waals surface area contributed by atoms with Crippen LogP contribution in [0.25, 0.3) is 63.6 Å². The van der Waals surface area contributed by atoms with Gasteiger partial charge in [-0.05, 0) is 128 Å². The third kappa shape index (κ3) is 7.45. The topological polar surface area (TPSA) is 6.48 Å². The maximum Gasteiger partial charge on any atom is 0.0640 e. The van der Waals surface area contributed by atoms with E-state index in [-0.39, 0.29) is 16.2 Å². The molecule has 11 aromatic rings. The number of anilines is 6. The van der Waals surface area contributed by atoms with E-state index in [1.165, 1.54) is 97.1 Å². The molecule has 0 aliphatic carbocycles. The average Bonchev–Trinajstić information content (AvgIpc) is 3.71. The Hall–Kier alpha value is -6.94. The molecule has 342 valence electrons. The Balaban J connectivity index is 1.27. The fourth-order valence-electron chi connectivity index (χ4n) is 11.1. The van der Waals surface area contributed by atoms with Crippen molar-refractivity contribution in [3.63, 3.8) is 0 Å². The van der Waals surface area contributed by atoms with Crippen LogP contribution >= 0.6 is 11.3 Å². The first-order valence-corrected chi connectivity index (χ1v) is 25.4. The summed E-state index contributed by atoms with van der Waals surface area (Å²) in [6, 6.07) is 66.5. The standard InChI is InChI=1S/C66H62N2S/c1-41-48(26-18-30-54(41)65(6,7)8)49-27-20-32-56(42(49)2)67(46-22-14-12-15-23-46)58-40-59(53-37-35-44-39-45(64(3,4)5)38-43-34-36-52(58)61(53)60(43)44)68(47-24-16-13-17-25-47)57-33-21-29-51-50-28-19-31-55(66(9,10)11)62(50)69-63(51)57/h12-40H,1-11H3. The lowest BCUT2D eigenvalue weighted by atomic mass is 9.81. The number of thiophene rings is 1. The van der Waals surface area contributed by atoms with Crippen LogP contribution < -0.4 is 9.80 Å². The molecular weight excluding hydrogens is 853 g/mol. The maximum absolute atomic E-state index is 2.55. The largest absolute Gasteiger partial charge is 0.310 e. The Bertz CT molecular complexity index is 3720. The molecule has 0 saturated carbocycles. The Labute approximate surface area is 412 Å². The van der Waals surface area contributed by atoms with Gasteiger partial charge in [-0.3, -0.25) is 0 Å². The Morgan fingerprint density at radius 3 is 1.39 bits per heavy atom. The third-order valence-electron chi connectivity index (χ3n) is 14.6. The Kier molecular flexibility index (Phi) is 10.6. The zero-order valence-corrected chi connectivity index (χ0v) is 42.9. The van der Waals surface area contributed by atoms with Crippen LogP contribution in [0.1, 0.15) is 90.1 Å². The van der Waals surface area contributed by atoms with Crippen molar-refractivity contribution < 1.29 is 0 Å². The van der Waals surface area contributed by atoms with Crippen molar-refractivity contribution in [1.29, 1.82) is 0 Å². The molecule has 0 amide bonds. The van der Waals surface area contributed by atoms with Crippen LogP contribution in [0.3, 0.4) is 0 Å². The van der Waals surface area contributed by atoms with Gasteiger partial charge in [-0.25, -0.2) is 0 Å². The van der Waals surface area contributed by atoms with E-state index >= 15 is 0 Å². The molecule has 1 heterocycles. The van der Waals surface area contributed by atoms with Crippen LogP contribution in [0, 0.1) is 13.8 Å². The molecule has 2 nitrogen and oxygen atoms in total. The minimum atomic E-state index is -0.00207. The van der Waals surface area contributed by atoms with Crippen molar-refractivity contribution in [3.8, 4) is 11.1 Å². The van der Waals surface area contributed by atoms with Crippen LogP contribution in [-0.2, 0) is 16.2 Å². The van der Waals surface area contributed by atoms with Crippen LogP contribution in [0.4, 0.5) is 34.1 Å². The number of nitrogens with zero attached hydrogens (tertiary/aromatic N) is 2. The molecule has 0 atom stereocenters. The van der Waals surface area contributed by atoms with Gasteiger partial charge in [-0.2, -0.15) is 0 Å². The lowest BCUT2D eigenvalue weighted by Gasteiger charge is -2.33. The Morgan fingerprint density at radius 1 is 0.348 bits per heavy atom. The van der Waals surface area contributed by atoms with Gasteiger partial charge in [0.15, 0.2) is 0 Å². The third-order valence-corrected chi connectivity index (χ3v) is 15.9. The van der Waals surface area contributed by atoms with Crippen LogP contribution in [-0.4, -0.2) is 0 Å². The van der Waals surface area contributed by atoms with Crippen molar-refractivity contribution in [3.05, 3.63) is 204 Å². The van der Waals surface area contributed by atoms with Gasteiger partial charge in [0, 0.05) is 48.7 Å². The van der Waals surface area contributed by atoms with Crippen LogP contribution in [0.5, 0.6) is 0 Å². The zero-order valence-electron chi connectivity index (χ0n) is 42.0. The van der Waals surface area contributed by atoms with Crippen molar-refractivity contribution in [2.45, 2.75) is 92.4 Å². The molecule has 0 spiro atoms. The molecule has 0 bridgehead atoms. The van der Waals surface area contributed by atoms with Crippen molar-refractivity contribution in [2.24, 2.45) is 0 Å². The van der Waals surface area contributed by atoms with Crippen LogP contribution in [0.2, 0.25) is 0 Å². The molecule has 0 unspecified atom stereocenters. The van der Waals surface area contributed by atoms with Gasteiger partial charge >= 0.3 is 0 Å². The fourth-order valence-corrected chi connectivity index (χ4v) is 12.6. The SMILES string of the molecule is Cc1c(-c2cccc(C(C)(C)C)c2C)cccc1N(c1ccccc1)c1cc(N(c2ccccc2)c2cccc3c2sc2c(C(C)(C)C)cccc23)c2ccc3cc(C(C)(C)C)cc4ccc1c2c43. The summed E-state index contributed by atoms with van der Waals surface area (Å²) in [4.78, 5) is 5.09. The predicted octanol–water partition coefficient (Wildman–Crippen LogP) is 20.1. The highest BCUT2D eigenvalue weighted by atomic mass is 32.1. The van der Waals surface area contributed by atoms with E-state index in [4.69, 9.17) is 0 Å². The van der Waals surface area contributed by atoms with Gasteiger partial charge in [0.25, 0.3) is 0 Å². The van der Waals surface area contributed by atoms with E-state index in [0.29, 0.717) is 0 Å². The average molecular weight is 915 g/mol. The second-order valence-corrected chi connectivity index (χ2v) is 23.3. The number of hydrogen-bond acceptors (Lipinski definition) is 3. The molecule has 0 fully saturated rings. The van der Waals surface area contributed by atoms with Gasteiger partial charge in [0.05, 0.1) is 21.8 Å². The summed E-state index contributed by atoms with van der Waals surface area (Å²) in [5, 5.41) is 10.2. The highest BCUT2D eigenvalue weighted by molar-refractivity contribution is 7.26. The molecule has 0 radical (unpaired) electrons. The lowest BCUT2D eigenvalue weighted by Crippen LogP contribution is -2.16. The first kappa shape index (κ1) is 44.6. The van der Waals surface area contributed by atoms with Crippen LogP contribution in [0.15, 0.2) is 176 Å². The van der Waals surface area contributed by atoms with Crippen molar-refractivity contribution in [1.82, 2.24) is 0 Å². The second-order valence-electron chi connectivity index (χ2n) is 22.3. The minimum absolute atomic E-state index is 0.00191. The summed E-state index contributed by atoms with van der Waals surface area (Å²) in [7, 11) is 0. The highest BCUT2D eigenvalue weighted by Crippen LogP contribution is 2.54. The summed E-state index contributed by atoms with van der Waals surface area (Å²) in [6.45, 7) is 25.5. The Morgan fingerprint density at radius 2 is 0.826 bits per heavy atom. The predicted molar refractivity (Wildman–Crippen MR) is 303 cm³/mol. The summed E-state index contributed by atoms with van der Waals surface area (Å²) < 4.78 is 2.64. The van der Waals surface area contributed by atoms with E-state index in [1.54, 1.807) is 0 Å². The van der Waals surface area contributed by atoms with Crippen molar-refractivity contribution >= 4 is 98.0 Å². The molecule has 1 aromatic heterocycles. The van der Waals surface area contributed by atoms with Gasteiger partial charge in [-0.1, -0.05) is 196 Å². The maximum atomic E-state index is 2.55. The molecule has 69 heavy (non-hydrogen) atoms. The van der Waals surface area contributed by atoms with Gasteiger partial charge in [-0.15, -0.1) is 11.3 Å². The smallest absolute Gasteiger partial charge is 0.0640 e. The summed E-state index contributed by atoms with van der Waals surface area (Å²) in [5.74, 6) is 0. The number of para-hydroxylation sites is 2. The number of rotatable bonds is 7. The van der Waals surface area contributed by atoms with Gasteiger partial charge < -0.3 is 9.80 Å². The molecule has 0 saturated heterocycles. The first-order chi connectivity index (χ1) is 33.0. The molecule has 0 aliphatic rings. The molecular formula is C66H62N2S. The second kappa shape index (κ2) is 16.4. The zero-order chi connectivity index (χ0) is 48.1. The van der Waals surface area contributed by atoms with E-state index in [0.717, 1.165) is 28.4 Å². The molecule has 0 aliphatic heterocycles. The van der Waals surface area contributed by atoms with E-state index in [1.807, 2.05) is 11.3 Å². The fraction of sp³-hybridized carbons (Fsp3) is 0.212. The number of benzene rings is 10. The molecule has 0 N–H and O–H groups in total. The summed E-state index contributed by atoms with van der Waals surface area (Å²) in [6.07, 6.45) is 0. The first-order valence-electron chi connectivity index (χ1n) is 24.6. The number of hydrogen-bond donors (Lipinski definition) is 0. The summed E-state index contributed by atoms with van der Waals surface area (Å²) >= 11 is 1.93. The number of fused-ring (bicyclic) bond motifs is 3. The van der Waals surface area contributed by atoms with Gasteiger partial charge in [0.1, 0.15) is 0 Å². The quantitative estimate of drug-likeness (QED) is 0.147. The molecule has 3 heteroatoms. The normalized spacial score (nSPS) is 12.6. The van der Waals surface area contributed by atoms with Gasteiger partial charge in [0.2, 0.25) is 0 Å². The molecule has 11 rings (SSSR count). The van der Waals surface area contributed by atoms with E-state index in [9.17, 15) is 0 Å². The molecule has 10 aromatic carbocycles. The van der Waals surface area contributed by atoms with Crippen molar-refractivity contribution in [2.75, 3.05) is 9.80 Å². The van der Waals surface area contributed by atoms with E-state index < -0.39 is 0 Å². The van der Waals surface area contributed by atoms with E-state index in [2.05, 4.69) is 262 Å².